The van der Waals surface area contributed by atoms with Gasteiger partial charge in [-0.25, -0.2) is 0 Å². The molecular weight excluding hydrogens is 302 g/mol. The molecule has 22 heavy (non-hydrogen) atoms. The molecule has 0 aliphatic carbocycles. The van der Waals surface area contributed by atoms with Crippen LogP contribution in [0.15, 0.2) is 11.4 Å². The van der Waals surface area contributed by atoms with Crippen LogP contribution in [0.1, 0.15) is 22.2 Å². The highest BCUT2D eigenvalue weighted by Crippen LogP contribution is 2.20. The first-order valence-electron chi connectivity index (χ1n) is 7.24. The lowest BCUT2D eigenvalue weighted by atomic mass is 10.1. The second-order valence-electron chi connectivity index (χ2n) is 5.46. The smallest absolute Gasteiger partial charge is 0.264 e. The quantitative estimate of drug-likeness (QED) is 0.872. The molecule has 1 aromatic rings. The second-order valence-corrected chi connectivity index (χ2v) is 6.38. The Hall–Kier alpha value is -1.89. The molecule has 1 aliphatic heterocycles. The van der Waals surface area contributed by atoms with E-state index in [1.54, 1.807) is 16.8 Å². The Morgan fingerprint density at radius 3 is 2.41 bits per heavy atom. The largest absolute Gasteiger partial charge is 0.359 e. The Kier molecular flexibility index (Phi) is 5.18. The molecule has 7 heteroatoms. The van der Waals surface area contributed by atoms with Crippen LogP contribution in [0.3, 0.4) is 0 Å². The van der Waals surface area contributed by atoms with Crippen molar-refractivity contribution in [1.29, 1.82) is 0 Å². The summed E-state index contributed by atoms with van der Waals surface area (Å²) in [5, 5.41) is 4.50. The van der Waals surface area contributed by atoms with Crippen molar-refractivity contribution in [3.63, 3.8) is 0 Å². The molecule has 1 fully saturated rings. The third-order valence-corrected chi connectivity index (χ3v) is 4.93. The van der Waals surface area contributed by atoms with E-state index in [0.717, 1.165) is 5.56 Å². The fourth-order valence-electron chi connectivity index (χ4n) is 2.59. The fourth-order valence-corrected chi connectivity index (χ4v) is 3.48. The maximum absolute atomic E-state index is 12.7. The summed E-state index contributed by atoms with van der Waals surface area (Å²) in [6.45, 7) is 4.98. The second kappa shape index (κ2) is 6.91. The van der Waals surface area contributed by atoms with Gasteiger partial charge in [-0.1, -0.05) is 0 Å². The molecule has 0 spiro atoms. The zero-order valence-electron chi connectivity index (χ0n) is 13.1. The Bertz CT molecular complexity index is 584. The summed E-state index contributed by atoms with van der Waals surface area (Å²) in [5.74, 6) is -0.684. The lowest BCUT2D eigenvalue weighted by molar-refractivity contribution is -0.130. The molecule has 2 rings (SSSR count). The van der Waals surface area contributed by atoms with Gasteiger partial charge in [-0.05, 0) is 23.9 Å². The van der Waals surface area contributed by atoms with E-state index >= 15 is 0 Å². The average Bonchev–Trinajstić information content (AvgIpc) is 2.79. The Labute approximate surface area is 134 Å². The lowest BCUT2D eigenvalue weighted by Gasteiger charge is -2.23. The van der Waals surface area contributed by atoms with Gasteiger partial charge in [0.15, 0.2) is 0 Å². The maximum Gasteiger partial charge on any atom is 0.264 e. The first-order chi connectivity index (χ1) is 10.4. The number of hydrogen-bond donors (Lipinski definition) is 1. The molecule has 6 nitrogen and oxygen atoms in total. The Morgan fingerprint density at radius 1 is 1.23 bits per heavy atom. The van der Waals surface area contributed by atoms with Gasteiger partial charge in [0, 0.05) is 40.2 Å². The topological polar surface area (TPSA) is 69.7 Å². The number of thiophene rings is 1. The van der Waals surface area contributed by atoms with Crippen LogP contribution in [-0.2, 0) is 9.59 Å². The Balaban J connectivity index is 2.21. The highest BCUT2D eigenvalue weighted by Gasteiger charge is 2.31. The summed E-state index contributed by atoms with van der Waals surface area (Å²) in [5.41, 5.74) is 0.944. The first kappa shape index (κ1) is 16.5. The van der Waals surface area contributed by atoms with E-state index in [0.29, 0.717) is 31.1 Å². The summed E-state index contributed by atoms with van der Waals surface area (Å²) in [6.07, 6.45) is 0. The average molecular weight is 323 g/mol. The van der Waals surface area contributed by atoms with Crippen LogP contribution in [0, 0.1) is 12.8 Å². The van der Waals surface area contributed by atoms with E-state index in [4.69, 9.17) is 0 Å². The van der Waals surface area contributed by atoms with Crippen LogP contribution in [0.25, 0.3) is 0 Å². The first-order valence-corrected chi connectivity index (χ1v) is 8.12. The van der Waals surface area contributed by atoms with Crippen molar-refractivity contribution < 1.29 is 14.4 Å². The van der Waals surface area contributed by atoms with Crippen molar-refractivity contribution in [3.8, 4) is 0 Å². The molecule has 0 aromatic carbocycles. The fraction of sp³-hybridized carbons (Fsp3) is 0.533. The van der Waals surface area contributed by atoms with Crippen LogP contribution < -0.4 is 5.32 Å². The van der Waals surface area contributed by atoms with E-state index in [1.165, 1.54) is 18.3 Å². The summed E-state index contributed by atoms with van der Waals surface area (Å²) in [4.78, 5) is 40.4. The number of hydrogen-bond acceptors (Lipinski definition) is 4. The third-order valence-electron chi connectivity index (χ3n) is 3.93. The van der Waals surface area contributed by atoms with Gasteiger partial charge >= 0.3 is 0 Å². The van der Waals surface area contributed by atoms with E-state index in [1.807, 2.05) is 18.4 Å². The summed E-state index contributed by atoms with van der Waals surface area (Å²) in [7, 11) is 1.57. The van der Waals surface area contributed by atoms with Crippen LogP contribution in [0.2, 0.25) is 0 Å². The highest BCUT2D eigenvalue weighted by molar-refractivity contribution is 7.12. The molecule has 0 saturated carbocycles. The third kappa shape index (κ3) is 3.47. The predicted molar refractivity (Wildman–Crippen MR) is 84.8 cm³/mol. The molecule has 1 atom stereocenters. The van der Waals surface area contributed by atoms with Gasteiger partial charge in [0.25, 0.3) is 5.91 Å². The number of nitrogens with zero attached hydrogens (tertiary/aromatic N) is 2. The van der Waals surface area contributed by atoms with Crippen LogP contribution in [0.4, 0.5) is 0 Å². The summed E-state index contributed by atoms with van der Waals surface area (Å²) in [6, 6.07) is 1.91. The lowest BCUT2D eigenvalue weighted by Crippen LogP contribution is -2.42. The molecule has 1 aromatic heterocycles. The number of carbonyl (C=O) groups excluding carboxylic acids is 3. The molecule has 1 N–H and O–H groups in total. The van der Waals surface area contributed by atoms with E-state index in [-0.39, 0.29) is 17.7 Å². The number of amides is 3. The zero-order valence-corrected chi connectivity index (χ0v) is 13.9. The van der Waals surface area contributed by atoms with Gasteiger partial charge in [0.05, 0.1) is 10.8 Å². The molecule has 1 aliphatic rings. The monoisotopic (exact) mass is 323 g/mol. The van der Waals surface area contributed by atoms with E-state index in [2.05, 4.69) is 5.32 Å². The van der Waals surface area contributed by atoms with Crippen molar-refractivity contribution in [1.82, 2.24) is 15.1 Å². The van der Waals surface area contributed by atoms with Crippen molar-refractivity contribution in [2.75, 3.05) is 33.2 Å². The van der Waals surface area contributed by atoms with Crippen molar-refractivity contribution in [2.45, 2.75) is 13.8 Å². The summed E-state index contributed by atoms with van der Waals surface area (Å²) < 4.78 is 0. The highest BCUT2D eigenvalue weighted by atomic mass is 32.1. The number of aryl methyl sites for hydroxylation is 1. The van der Waals surface area contributed by atoms with Gasteiger partial charge in [0.2, 0.25) is 11.8 Å². The summed E-state index contributed by atoms with van der Waals surface area (Å²) >= 11 is 1.41. The zero-order chi connectivity index (χ0) is 16.3. The predicted octanol–water partition coefficient (Wildman–Crippen LogP) is 0.723. The SMILES string of the molecule is CNC(=O)[C@H]1CN(C(C)=O)CCN(C(=O)c2sccc2C)C1. The van der Waals surface area contributed by atoms with Gasteiger partial charge in [-0.3, -0.25) is 14.4 Å². The minimum Gasteiger partial charge on any atom is -0.359 e. The molecule has 3 amide bonds. The Morgan fingerprint density at radius 2 is 1.86 bits per heavy atom. The van der Waals surface area contributed by atoms with Crippen LogP contribution in [-0.4, -0.2) is 60.7 Å². The number of nitrogens with one attached hydrogen (secondary N) is 1. The normalized spacial score (nSPS) is 18.8. The number of rotatable bonds is 2. The molecule has 2 heterocycles. The molecule has 0 unspecified atom stereocenters. The van der Waals surface area contributed by atoms with Crippen LogP contribution in [0.5, 0.6) is 0 Å². The van der Waals surface area contributed by atoms with Crippen LogP contribution >= 0.6 is 11.3 Å². The molecule has 1 saturated heterocycles. The molecule has 0 radical (unpaired) electrons. The molecule has 120 valence electrons. The molecular formula is C15H21N3O3S. The molecule has 0 bridgehead atoms. The van der Waals surface area contributed by atoms with E-state index in [9.17, 15) is 14.4 Å². The van der Waals surface area contributed by atoms with Crippen molar-refractivity contribution in [3.05, 3.63) is 21.9 Å². The van der Waals surface area contributed by atoms with Gasteiger partial charge in [0.1, 0.15) is 0 Å². The van der Waals surface area contributed by atoms with E-state index < -0.39 is 5.92 Å². The van der Waals surface area contributed by atoms with Crippen molar-refractivity contribution >= 4 is 29.1 Å². The standard InChI is InChI=1S/C15H21N3O3S/c1-10-4-7-22-13(10)15(21)18-6-5-17(11(2)19)8-12(9-18)14(20)16-3/h4,7,12H,5-6,8-9H2,1-3H3,(H,16,20)/t12-/m0/s1. The van der Waals surface area contributed by atoms with Crippen molar-refractivity contribution in [2.24, 2.45) is 5.92 Å². The maximum atomic E-state index is 12.7. The van der Waals surface area contributed by atoms with Gasteiger partial charge in [-0.2, -0.15) is 0 Å². The van der Waals surface area contributed by atoms with Gasteiger partial charge < -0.3 is 15.1 Å². The number of carbonyl (C=O) groups is 3. The minimum absolute atomic E-state index is 0.0631. The van der Waals surface area contributed by atoms with Gasteiger partial charge in [-0.15, -0.1) is 11.3 Å². The minimum atomic E-state index is -0.402.